The van der Waals surface area contributed by atoms with Crippen LogP contribution in [0, 0.1) is 0 Å². The third kappa shape index (κ3) is 2.87. The highest BCUT2D eigenvalue weighted by molar-refractivity contribution is 9.10. The molecular weight excluding hydrogens is 332 g/mol. The molecule has 0 saturated heterocycles. The fourth-order valence-corrected chi connectivity index (χ4v) is 3.66. The molecule has 0 radical (unpaired) electrons. The Bertz CT molecular complexity index is 484. The minimum absolute atomic E-state index is 0.0137. The zero-order valence-corrected chi connectivity index (χ0v) is 11.8. The van der Waals surface area contributed by atoms with E-state index < -0.39 is 35.4 Å². The lowest BCUT2D eigenvalue weighted by molar-refractivity contribution is 0.0581. The molecule has 0 spiro atoms. The molecule has 0 unspecified atom stereocenters. The van der Waals surface area contributed by atoms with Crippen LogP contribution >= 0.6 is 15.9 Å². The molecule has 0 aliphatic rings. The van der Waals surface area contributed by atoms with Crippen molar-refractivity contribution in [1.29, 1.82) is 0 Å². The molecule has 0 atom stereocenters. The summed E-state index contributed by atoms with van der Waals surface area (Å²) < 4.78 is 27.1. The number of hydrogen-bond acceptors (Lipinski definition) is 7. The number of nitrogens with one attached hydrogen (secondary N) is 1. The standard InChI is InChI=1S/C7H13BrN4O5S/c1-12-6(5(8)9-11-12)18(16,17)10-7(2-13,3-14)4-15/h10,13-15H,2-4H2,1H3. The predicted molar refractivity (Wildman–Crippen MR) is 63.0 cm³/mol. The average Bonchev–Trinajstić information content (AvgIpc) is 2.67. The molecule has 1 rings (SSSR count). The number of aliphatic hydroxyl groups is 3. The highest BCUT2D eigenvalue weighted by Crippen LogP contribution is 2.19. The first-order valence-corrected chi connectivity index (χ1v) is 7.01. The molecule has 11 heteroatoms. The smallest absolute Gasteiger partial charge is 0.261 e. The molecule has 0 bridgehead atoms. The van der Waals surface area contributed by atoms with Gasteiger partial charge in [0.1, 0.15) is 5.54 Å². The summed E-state index contributed by atoms with van der Waals surface area (Å²) >= 11 is 2.93. The maximum absolute atomic E-state index is 12.1. The lowest BCUT2D eigenvalue weighted by Gasteiger charge is -2.27. The summed E-state index contributed by atoms with van der Waals surface area (Å²) in [4.78, 5) is 0. The topological polar surface area (TPSA) is 138 Å². The fourth-order valence-electron chi connectivity index (χ4n) is 1.19. The second-order valence-electron chi connectivity index (χ2n) is 3.67. The lowest BCUT2D eigenvalue weighted by Crippen LogP contribution is -2.57. The van der Waals surface area contributed by atoms with Crippen molar-refractivity contribution in [2.24, 2.45) is 7.05 Å². The van der Waals surface area contributed by atoms with Crippen molar-refractivity contribution in [3.05, 3.63) is 4.60 Å². The van der Waals surface area contributed by atoms with Gasteiger partial charge >= 0.3 is 0 Å². The number of halogens is 1. The zero-order valence-electron chi connectivity index (χ0n) is 9.41. The number of rotatable bonds is 6. The quantitative estimate of drug-likeness (QED) is 0.450. The molecule has 0 amide bonds. The fraction of sp³-hybridized carbons (Fsp3) is 0.714. The van der Waals surface area contributed by atoms with E-state index in [-0.39, 0.29) is 9.63 Å². The third-order valence-electron chi connectivity index (χ3n) is 2.25. The second kappa shape index (κ2) is 5.59. The van der Waals surface area contributed by atoms with E-state index >= 15 is 0 Å². The van der Waals surface area contributed by atoms with E-state index in [0.717, 1.165) is 4.68 Å². The van der Waals surface area contributed by atoms with Gasteiger partial charge in [0.2, 0.25) is 5.03 Å². The van der Waals surface area contributed by atoms with Gasteiger partial charge in [0, 0.05) is 7.05 Å². The minimum atomic E-state index is -4.11. The van der Waals surface area contributed by atoms with Crippen LogP contribution < -0.4 is 4.72 Å². The van der Waals surface area contributed by atoms with E-state index in [1.807, 2.05) is 4.72 Å². The SMILES string of the molecule is Cn1nnc(Br)c1S(=O)(=O)NC(CO)(CO)CO. The van der Waals surface area contributed by atoms with Gasteiger partial charge in [-0.2, -0.15) is 4.72 Å². The number of aliphatic hydroxyl groups excluding tert-OH is 3. The number of nitrogens with zero attached hydrogens (tertiary/aromatic N) is 3. The average molecular weight is 345 g/mol. The van der Waals surface area contributed by atoms with Crippen LogP contribution in [-0.2, 0) is 17.1 Å². The number of aromatic nitrogens is 3. The summed E-state index contributed by atoms with van der Waals surface area (Å²) in [7, 11) is -2.75. The first-order valence-electron chi connectivity index (χ1n) is 4.73. The molecule has 0 aromatic carbocycles. The van der Waals surface area contributed by atoms with Gasteiger partial charge in [0.15, 0.2) is 4.60 Å². The van der Waals surface area contributed by atoms with Crippen LogP contribution in [-0.4, -0.2) is 64.1 Å². The predicted octanol–water partition coefficient (Wildman–Crippen LogP) is -2.43. The van der Waals surface area contributed by atoms with Crippen LogP contribution in [0.15, 0.2) is 9.63 Å². The molecule has 1 heterocycles. The van der Waals surface area contributed by atoms with Crippen LogP contribution in [0.5, 0.6) is 0 Å². The van der Waals surface area contributed by atoms with Gasteiger partial charge in [-0.05, 0) is 15.9 Å². The van der Waals surface area contributed by atoms with Gasteiger partial charge < -0.3 is 15.3 Å². The van der Waals surface area contributed by atoms with Crippen LogP contribution in [0.1, 0.15) is 0 Å². The van der Waals surface area contributed by atoms with Crippen LogP contribution in [0.4, 0.5) is 0 Å². The van der Waals surface area contributed by atoms with E-state index in [9.17, 15) is 8.42 Å². The molecule has 9 nitrogen and oxygen atoms in total. The minimum Gasteiger partial charge on any atom is -0.394 e. The van der Waals surface area contributed by atoms with Crippen LogP contribution in [0.25, 0.3) is 0 Å². The van der Waals surface area contributed by atoms with E-state index in [1.54, 1.807) is 0 Å². The molecule has 1 aromatic rings. The molecule has 18 heavy (non-hydrogen) atoms. The zero-order chi connectivity index (χ0) is 14.0. The number of hydrogen-bond donors (Lipinski definition) is 4. The second-order valence-corrected chi connectivity index (χ2v) is 6.02. The molecule has 0 fully saturated rings. The Morgan fingerprint density at radius 3 is 2.17 bits per heavy atom. The van der Waals surface area contributed by atoms with E-state index in [4.69, 9.17) is 15.3 Å². The Morgan fingerprint density at radius 2 is 1.83 bits per heavy atom. The summed E-state index contributed by atoms with van der Waals surface area (Å²) in [5.41, 5.74) is -1.75. The van der Waals surface area contributed by atoms with Crippen molar-refractivity contribution < 1.29 is 23.7 Å². The summed E-state index contributed by atoms with van der Waals surface area (Å²) in [5.74, 6) is 0. The Hall–Kier alpha value is -0.590. The van der Waals surface area contributed by atoms with Gasteiger partial charge in [-0.3, -0.25) is 0 Å². The van der Waals surface area contributed by atoms with E-state index in [0.29, 0.717) is 0 Å². The lowest BCUT2D eigenvalue weighted by atomic mass is 10.1. The maximum atomic E-state index is 12.1. The van der Waals surface area contributed by atoms with Gasteiger partial charge in [-0.1, -0.05) is 5.21 Å². The molecule has 0 aliphatic carbocycles. The Labute approximate surface area is 112 Å². The van der Waals surface area contributed by atoms with Gasteiger partial charge in [0.25, 0.3) is 10.0 Å². The first-order chi connectivity index (χ1) is 8.32. The molecule has 104 valence electrons. The van der Waals surface area contributed by atoms with Gasteiger partial charge in [0.05, 0.1) is 19.8 Å². The highest BCUT2D eigenvalue weighted by Gasteiger charge is 2.36. The van der Waals surface area contributed by atoms with Crippen LogP contribution in [0.2, 0.25) is 0 Å². The third-order valence-corrected chi connectivity index (χ3v) is 4.72. The monoisotopic (exact) mass is 344 g/mol. The maximum Gasteiger partial charge on any atom is 0.261 e. The summed E-state index contributed by atoms with van der Waals surface area (Å²) in [6.07, 6.45) is 0. The summed E-state index contributed by atoms with van der Waals surface area (Å²) in [6, 6.07) is 0. The van der Waals surface area contributed by atoms with Crippen LogP contribution in [0.3, 0.4) is 0 Å². The summed E-state index contributed by atoms with van der Waals surface area (Å²) in [6.45, 7) is -2.29. The van der Waals surface area contributed by atoms with Crippen molar-refractivity contribution in [3.8, 4) is 0 Å². The van der Waals surface area contributed by atoms with Crippen molar-refractivity contribution in [1.82, 2.24) is 19.7 Å². The Balaban J connectivity index is 3.17. The van der Waals surface area contributed by atoms with Crippen molar-refractivity contribution in [2.45, 2.75) is 10.6 Å². The molecule has 0 saturated carbocycles. The Kier molecular flexibility index (Phi) is 4.80. The van der Waals surface area contributed by atoms with Crippen molar-refractivity contribution in [3.63, 3.8) is 0 Å². The van der Waals surface area contributed by atoms with Crippen molar-refractivity contribution >= 4 is 26.0 Å². The molecule has 0 aliphatic heterocycles. The number of aryl methyl sites for hydroxylation is 1. The van der Waals surface area contributed by atoms with Gasteiger partial charge in [-0.15, -0.1) is 5.10 Å². The largest absolute Gasteiger partial charge is 0.394 e. The highest BCUT2D eigenvalue weighted by atomic mass is 79.9. The molecule has 1 aromatic heterocycles. The van der Waals surface area contributed by atoms with E-state index in [1.165, 1.54) is 7.05 Å². The molecule has 4 N–H and O–H groups in total. The first kappa shape index (κ1) is 15.5. The van der Waals surface area contributed by atoms with Gasteiger partial charge in [-0.25, -0.2) is 13.1 Å². The van der Waals surface area contributed by atoms with E-state index in [2.05, 4.69) is 26.2 Å². The van der Waals surface area contributed by atoms with Crippen molar-refractivity contribution in [2.75, 3.05) is 19.8 Å². The normalized spacial score (nSPS) is 12.9. The summed E-state index contributed by atoms with van der Waals surface area (Å²) in [5, 5.41) is 34.0. The number of sulfonamides is 1. The molecular formula is C7H13BrN4O5S. The Morgan fingerprint density at radius 1 is 1.33 bits per heavy atom.